The molecule has 2 bridgehead atoms. The van der Waals surface area contributed by atoms with E-state index in [1.807, 2.05) is 30.3 Å². The summed E-state index contributed by atoms with van der Waals surface area (Å²) in [6.45, 7) is 10.4. The lowest BCUT2D eigenvalue weighted by atomic mass is 9.70. The zero-order valence-electron chi connectivity index (χ0n) is 23.0. The molecule has 3 aliphatic rings. The first-order valence-corrected chi connectivity index (χ1v) is 14.2. The highest BCUT2D eigenvalue weighted by Crippen LogP contribution is 2.59. The molecule has 6 atom stereocenters. The fourth-order valence-corrected chi connectivity index (χ4v) is 6.68. The van der Waals surface area contributed by atoms with Crippen LogP contribution >= 0.6 is 0 Å². The Morgan fingerprint density at radius 3 is 2.69 bits per heavy atom. The van der Waals surface area contributed by atoms with Crippen molar-refractivity contribution in [2.75, 3.05) is 26.3 Å². The Morgan fingerprint density at radius 2 is 2.03 bits per heavy atom. The van der Waals surface area contributed by atoms with E-state index in [0.29, 0.717) is 38.8 Å². The van der Waals surface area contributed by atoms with Crippen LogP contribution in [0.25, 0.3) is 0 Å². The van der Waals surface area contributed by atoms with Gasteiger partial charge in [0.05, 0.1) is 37.2 Å². The molecule has 39 heavy (non-hydrogen) atoms. The van der Waals surface area contributed by atoms with E-state index < -0.39 is 41.6 Å². The minimum atomic E-state index is -1.13. The second kappa shape index (κ2) is 12.9. The van der Waals surface area contributed by atoms with Crippen molar-refractivity contribution in [1.82, 2.24) is 9.80 Å². The summed E-state index contributed by atoms with van der Waals surface area (Å²) in [6.07, 6.45) is 7.69. The van der Waals surface area contributed by atoms with Gasteiger partial charge in [-0.2, -0.15) is 0 Å². The van der Waals surface area contributed by atoms with Crippen molar-refractivity contribution in [2.45, 2.75) is 75.7 Å². The van der Waals surface area contributed by atoms with Gasteiger partial charge in [0.2, 0.25) is 11.8 Å². The lowest BCUT2D eigenvalue weighted by Gasteiger charge is -2.39. The number of amides is 2. The maximum absolute atomic E-state index is 14.4. The third kappa shape index (κ3) is 5.54. The molecule has 0 aliphatic carbocycles. The molecule has 0 radical (unpaired) electrons. The molecule has 8 heteroatoms. The first-order valence-electron chi connectivity index (χ1n) is 14.2. The van der Waals surface area contributed by atoms with Crippen molar-refractivity contribution >= 4 is 17.8 Å². The van der Waals surface area contributed by atoms with Crippen LogP contribution in [0.4, 0.5) is 0 Å². The van der Waals surface area contributed by atoms with Gasteiger partial charge < -0.3 is 24.4 Å². The van der Waals surface area contributed by atoms with Gasteiger partial charge in [0.15, 0.2) is 0 Å². The summed E-state index contributed by atoms with van der Waals surface area (Å²) in [5.41, 5.74) is -0.184. The van der Waals surface area contributed by atoms with Gasteiger partial charge in [-0.25, -0.2) is 0 Å². The third-order valence-electron chi connectivity index (χ3n) is 8.42. The molecule has 212 valence electrons. The van der Waals surface area contributed by atoms with Crippen LogP contribution in [-0.4, -0.2) is 82.8 Å². The van der Waals surface area contributed by atoms with Crippen LogP contribution in [0.2, 0.25) is 0 Å². The van der Waals surface area contributed by atoms with E-state index in [1.54, 1.807) is 22.0 Å². The van der Waals surface area contributed by atoms with Gasteiger partial charge in [-0.3, -0.25) is 14.4 Å². The quantitative estimate of drug-likeness (QED) is 0.209. The van der Waals surface area contributed by atoms with Gasteiger partial charge in [-0.1, -0.05) is 62.2 Å². The molecule has 8 nitrogen and oxygen atoms in total. The maximum Gasteiger partial charge on any atom is 0.312 e. The predicted octanol–water partition coefficient (Wildman–Crippen LogP) is 3.29. The molecule has 3 fully saturated rings. The molecule has 0 aromatic heterocycles. The van der Waals surface area contributed by atoms with Crippen LogP contribution in [0.1, 0.15) is 51.0 Å². The van der Waals surface area contributed by atoms with Crippen LogP contribution in [-0.2, 0) is 30.3 Å². The normalized spacial score (nSPS) is 27.7. The number of esters is 1. The average Bonchev–Trinajstić information content (AvgIpc) is 3.59. The number of fused-ring (bicyclic) bond motifs is 1. The molecule has 3 saturated heterocycles. The molecule has 1 aromatic carbocycles. The first kappa shape index (κ1) is 29.0. The van der Waals surface area contributed by atoms with Crippen LogP contribution in [0.5, 0.6) is 0 Å². The van der Waals surface area contributed by atoms with Crippen molar-refractivity contribution < 1.29 is 29.0 Å². The molecule has 3 aliphatic heterocycles. The highest BCUT2D eigenvalue weighted by molar-refractivity contribution is 5.98. The number of carbonyl (C=O) groups excluding carboxylic acids is 3. The Labute approximate surface area is 231 Å². The number of benzene rings is 1. The van der Waals surface area contributed by atoms with E-state index in [9.17, 15) is 19.5 Å². The van der Waals surface area contributed by atoms with Crippen LogP contribution < -0.4 is 0 Å². The Bertz CT molecular complexity index is 1040. The summed E-state index contributed by atoms with van der Waals surface area (Å²) in [5, 5.41) is 10.6. The molecule has 2 unspecified atom stereocenters. The Hall–Kier alpha value is -2.97. The molecule has 4 rings (SSSR count). The standard InChI is InChI=1S/C31H42N2O6/c1-4-7-12-18-32(17-6-3)29(36)27-31-16-15-24(39-31)25(30(37)38-19-8-5-2)26(31)28(35)33(27)23(21-34)20-22-13-10-9-11-14-22/h5-6,9-11,13-14,23-27,34H,2-4,7-8,12,15-21H2,1H3/t23-,24+,25-,26+,27?,31?/m1/s1. The molecule has 1 aromatic rings. The lowest BCUT2D eigenvalue weighted by molar-refractivity contribution is -0.156. The second-order valence-corrected chi connectivity index (χ2v) is 10.9. The van der Waals surface area contributed by atoms with Crippen molar-refractivity contribution in [1.29, 1.82) is 0 Å². The summed E-state index contributed by atoms with van der Waals surface area (Å²) in [6, 6.07) is 8.03. The highest BCUT2D eigenvalue weighted by atomic mass is 16.6. The second-order valence-electron chi connectivity index (χ2n) is 10.9. The Kier molecular flexibility index (Phi) is 9.62. The zero-order valence-corrected chi connectivity index (χ0v) is 23.0. The topological polar surface area (TPSA) is 96.4 Å². The highest BCUT2D eigenvalue weighted by Gasteiger charge is 2.75. The number of ether oxygens (including phenoxy) is 2. The lowest BCUT2D eigenvalue weighted by Crippen LogP contribution is -2.59. The summed E-state index contributed by atoms with van der Waals surface area (Å²) < 4.78 is 12.0. The number of rotatable bonds is 15. The predicted molar refractivity (Wildman–Crippen MR) is 148 cm³/mol. The average molecular weight is 539 g/mol. The van der Waals surface area contributed by atoms with Crippen molar-refractivity contribution in [2.24, 2.45) is 11.8 Å². The molecule has 2 amide bonds. The van der Waals surface area contributed by atoms with E-state index in [2.05, 4.69) is 20.1 Å². The number of aliphatic hydroxyl groups excluding tert-OH is 1. The van der Waals surface area contributed by atoms with E-state index >= 15 is 0 Å². The van der Waals surface area contributed by atoms with Crippen LogP contribution in [0.15, 0.2) is 55.6 Å². The van der Waals surface area contributed by atoms with Crippen LogP contribution in [0.3, 0.4) is 0 Å². The fraction of sp³-hybridized carbons (Fsp3) is 0.581. The zero-order chi connectivity index (χ0) is 28.0. The number of hydrogen-bond donors (Lipinski definition) is 1. The van der Waals surface area contributed by atoms with Gasteiger partial charge in [-0.15, -0.1) is 13.2 Å². The third-order valence-corrected chi connectivity index (χ3v) is 8.42. The van der Waals surface area contributed by atoms with Gasteiger partial charge in [-0.05, 0) is 37.7 Å². The molecular formula is C31H42N2O6. The largest absolute Gasteiger partial charge is 0.465 e. The Balaban J connectivity index is 1.72. The number of carbonyl (C=O) groups is 3. The molecule has 0 saturated carbocycles. The number of aliphatic hydroxyl groups is 1. The monoisotopic (exact) mass is 538 g/mol. The van der Waals surface area contributed by atoms with E-state index in [0.717, 1.165) is 24.8 Å². The van der Waals surface area contributed by atoms with Crippen molar-refractivity contribution in [3.8, 4) is 0 Å². The molecule has 3 heterocycles. The minimum absolute atomic E-state index is 0.184. The van der Waals surface area contributed by atoms with Gasteiger partial charge in [0, 0.05) is 13.1 Å². The van der Waals surface area contributed by atoms with Crippen LogP contribution in [0, 0.1) is 11.8 Å². The van der Waals surface area contributed by atoms with Gasteiger partial charge >= 0.3 is 5.97 Å². The maximum atomic E-state index is 14.4. The smallest absolute Gasteiger partial charge is 0.312 e. The van der Waals surface area contributed by atoms with Crippen molar-refractivity contribution in [3.63, 3.8) is 0 Å². The first-order chi connectivity index (χ1) is 18.9. The molecule has 1 spiro atoms. The Morgan fingerprint density at radius 1 is 1.26 bits per heavy atom. The fourth-order valence-electron chi connectivity index (χ4n) is 6.68. The van der Waals surface area contributed by atoms with Crippen molar-refractivity contribution in [3.05, 3.63) is 61.2 Å². The summed E-state index contributed by atoms with van der Waals surface area (Å²) >= 11 is 0. The SMILES string of the molecule is C=CCCOC(=O)[C@@H]1[C@@H]2CCC3(O2)C(C(=O)N(CC=C)CCCCC)N([C@@H](CO)Cc2ccccc2)C(=O)[C@H]13. The summed E-state index contributed by atoms with van der Waals surface area (Å²) in [7, 11) is 0. The summed E-state index contributed by atoms with van der Waals surface area (Å²) in [4.78, 5) is 45.2. The van der Waals surface area contributed by atoms with E-state index in [4.69, 9.17) is 9.47 Å². The van der Waals surface area contributed by atoms with E-state index in [-0.39, 0.29) is 25.0 Å². The van der Waals surface area contributed by atoms with Gasteiger partial charge in [0.1, 0.15) is 11.6 Å². The number of likely N-dealkylation sites (tertiary alicyclic amines) is 1. The molecular weight excluding hydrogens is 496 g/mol. The number of nitrogens with zero attached hydrogens (tertiary/aromatic N) is 2. The van der Waals surface area contributed by atoms with Gasteiger partial charge in [0.25, 0.3) is 0 Å². The number of unbranched alkanes of at least 4 members (excludes halogenated alkanes) is 2. The van der Waals surface area contributed by atoms with E-state index in [1.165, 1.54) is 0 Å². The molecule has 1 N–H and O–H groups in total. The number of hydrogen-bond acceptors (Lipinski definition) is 6. The minimum Gasteiger partial charge on any atom is -0.465 e. The summed E-state index contributed by atoms with van der Waals surface area (Å²) in [5.74, 6) is -2.60.